The summed E-state index contributed by atoms with van der Waals surface area (Å²) in [5.74, 6) is -2.64. The van der Waals surface area contributed by atoms with E-state index in [4.69, 9.17) is 4.74 Å². The third-order valence-electron chi connectivity index (χ3n) is 2.02. The Kier molecular flexibility index (Phi) is 4.11. The van der Waals surface area contributed by atoms with Gasteiger partial charge in [-0.15, -0.1) is 0 Å². The van der Waals surface area contributed by atoms with Gasteiger partial charge in [0.1, 0.15) is 0 Å². The number of nitrogens with one attached hydrogen (secondary N) is 1. The molecule has 0 bridgehead atoms. The zero-order valence-corrected chi connectivity index (χ0v) is 8.34. The lowest BCUT2D eigenvalue weighted by Crippen LogP contribution is -2.47. The molecule has 1 aliphatic heterocycles. The molecule has 0 atom stereocenters. The number of alkyl halides is 3. The van der Waals surface area contributed by atoms with E-state index in [0.717, 1.165) is 0 Å². The number of nitrogens with zero attached hydrogens (tertiary/aromatic N) is 1. The average molecular weight is 240 g/mol. The van der Waals surface area contributed by atoms with Gasteiger partial charge in [-0.3, -0.25) is 9.59 Å². The summed E-state index contributed by atoms with van der Waals surface area (Å²) in [5.41, 5.74) is 0. The van der Waals surface area contributed by atoms with Gasteiger partial charge in [-0.25, -0.2) is 0 Å². The van der Waals surface area contributed by atoms with Gasteiger partial charge in [0.2, 0.25) is 5.91 Å². The van der Waals surface area contributed by atoms with Crippen LogP contribution in [0.2, 0.25) is 0 Å². The summed E-state index contributed by atoms with van der Waals surface area (Å²) >= 11 is 0. The number of carbonyl (C=O) groups excluding carboxylic acids is 2. The maximum atomic E-state index is 11.8. The van der Waals surface area contributed by atoms with Crippen LogP contribution in [0.4, 0.5) is 13.2 Å². The SMILES string of the molecule is O=C(CNC(=O)C(F)(F)F)N1CCOCC1. The van der Waals surface area contributed by atoms with Crippen molar-refractivity contribution in [2.24, 2.45) is 0 Å². The molecule has 5 nitrogen and oxygen atoms in total. The number of carbonyl (C=O) groups is 2. The van der Waals surface area contributed by atoms with Crippen LogP contribution in [0.25, 0.3) is 0 Å². The van der Waals surface area contributed by atoms with E-state index >= 15 is 0 Å². The van der Waals surface area contributed by atoms with Gasteiger partial charge >= 0.3 is 12.1 Å². The van der Waals surface area contributed by atoms with Crippen LogP contribution in [0.1, 0.15) is 0 Å². The molecule has 8 heteroatoms. The van der Waals surface area contributed by atoms with Crippen LogP contribution in [-0.2, 0) is 14.3 Å². The first kappa shape index (κ1) is 12.8. The Morgan fingerprint density at radius 3 is 2.31 bits per heavy atom. The van der Waals surface area contributed by atoms with E-state index in [0.29, 0.717) is 26.3 Å². The van der Waals surface area contributed by atoms with Crippen LogP contribution in [-0.4, -0.2) is 55.7 Å². The number of rotatable bonds is 2. The fourth-order valence-electron chi connectivity index (χ4n) is 1.18. The highest BCUT2D eigenvalue weighted by Crippen LogP contribution is 2.13. The lowest BCUT2D eigenvalue weighted by atomic mass is 10.4. The van der Waals surface area contributed by atoms with Crippen molar-refractivity contribution < 1.29 is 27.5 Å². The van der Waals surface area contributed by atoms with Gasteiger partial charge in [-0.05, 0) is 0 Å². The Bertz CT molecular complexity index is 274. The number of hydrogen-bond acceptors (Lipinski definition) is 3. The Labute approximate surface area is 89.5 Å². The van der Waals surface area contributed by atoms with E-state index in [9.17, 15) is 22.8 Å². The molecular weight excluding hydrogens is 229 g/mol. The summed E-state index contributed by atoms with van der Waals surface area (Å²) in [6.07, 6.45) is -4.95. The van der Waals surface area contributed by atoms with Crippen molar-refractivity contribution in [2.45, 2.75) is 6.18 Å². The van der Waals surface area contributed by atoms with Crippen LogP contribution in [0.3, 0.4) is 0 Å². The fraction of sp³-hybridized carbons (Fsp3) is 0.750. The molecule has 1 saturated heterocycles. The van der Waals surface area contributed by atoms with Gasteiger partial charge in [0, 0.05) is 13.1 Å². The summed E-state index contributed by atoms with van der Waals surface area (Å²) in [7, 11) is 0. The summed E-state index contributed by atoms with van der Waals surface area (Å²) in [6, 6.07) is 0. The standard InChI is InChI=1S/C8H11F3N2O3/c9-8(10,11)7(15)12-5-6(14)13-1-3-16-4-2-13/h1-5H2,(H,12,15). The second-order valence-electron chi connectivity index (χ2n) is 3.17. The van der Waals surface area contributed by atoms with E-state index in [1.54, 1.807) is 0 Å². The van der Waals surface area contributed by atoms with E-state index in [2.05, 4.69) is 0 Å². The predicted molar refractivity (Wildman–Crippen MR) is 46.5 cm³/mol. The Hall–Kier alpha value is -1.31. The molecule has 0 aromatic heterocycles. The highest BCUT2D eigenvalue weighted by atomic mass is 19.4. The third kappa shape index (κ3) is 3.69. The molecule has 92 valence electrons. The molecule has 0 aliphatic carbocycles. The molecule has 1 fully saturated rings. The molecule has 1 aliphatic rings. The zero-order chi connectivity index (χ0) is 12.2. The monoisotopic (exact) mass is 240 g/mol. The minimum atomic E-state index is -4.95. The van der Waals surface area contributed by atoms with Crippen molar-refractivity contribution in [1.82, 2.24) is 10.2 Å². The second kappa shape index (κ2) is 5.15. The summed E-state index contributed by atoms with van der Waals surface area (Å²) < 4.78 is 40.3. The number of amides is 2. The summed E-state index contributed by atoms with van der Waals surface area (Å²) in [5, 5.41) is 1.52. The number of halogens is 3. The van der Waals surface area contributed by atoms with Crippen molar-refractivity contribution in [3.05, 3.63) is 0 Å². The molecule has 1 N–H and O–H groups in total. The Balaban J connectivity index is 2.32. The predicted octanol–water partition coefficient (Wildman–Crippen LogP) is -0.476. The highest BCUT2D eigenvalue weighted by Gasteiger charge is 2.38. The van der Waals surface area contributed by atoms with E-state index < -0.39 is 24.5 Å². The lowest BCUT2D eigenvalue weighted by Gasteiger charge is -2.26. The first-order valence-corrected chi connectivity index (χ1v) is 4.62. The van der Waals surface area contributed by atoms with Gasteiger partial charge in [0.05, 0.1) is 19.8 Å². The lowest BCUT2D eigenvalue weighted by molar-refractivity contribution is -0.174. The van der Waals surface area contributed by atoms with Gasteiger partial charge in [0.25, 0.3) is 0 Å². The maximum Gasteiger partial charge on any atom is 0.471 e. The number of hydrogen-bond donors (Lipinski definition) is 1. The van der Waals surface area contributed by atoms with Crippen molar-refractivity contribution in [3.63, 3.8) is 0 Å². The number of ether oxygens (including phenoxy) is 1. The molecule has 0 spiro atoms. The Morgan fingerprint density at radius 1 is 1.25 bits per heavy atom. The van der Waals surface area contributed by atoms with Crippen molar-refractivity contribution in [1.29, 1.82) is 0 Å². The van der Waals surface area contributed by atoms with E-state index in [1.165, 1.54) is 10.2 Å². The van der Waals surface area contributed by atoms with E-state index in [1.807, 2.05) is 0 Å². The second-order valence-corrected chi connectivity index (χ2v) is 3.17. The highest BCUT2D eigenvalue weighted by molar-refractivity contribution is 5.87. The molecule has 2 amide bonds. The van der Waals surface area contributed by atoms with Gasteiger partial charge in [-0.2, -0.15) is 13.2 Å². The van der Waals surface area contributed by atoms with Gasteiger partial charge in [0.15, 0.2) is 0 Å². The molecule has 0 saturated carbocycles. The number of morpholine rings is 1. The topological polar surface area (TPSA) is 58.6 Å². The normalized spacial score (nSPS) is 17.1. The van der Waals surface area contributed by atoms with Crippen LogP contribution in [0.15, 0.2) is 0 Å². The molecule has 0 aromatic carbocycles. The Morgan fingerprint density at radius 2 is 1.81 bits per heavy atom. The van der Waals surface area contributed by atoms with Crippen LogP contribution in [0.5, 0.6) is 0 Å². The first-order chi connectivity index (χ1) is 7.41. The molecule has 1 heterocycles. The van der Waals surface area contributed by atoms with Gasteiger partial charge < -0.3 is 15.0 Å². The third-order valence-corrected chi connectivity index (χ3v) is 2.02. The van der Waals surface area contributed by atoms with E-state index in [-0.39, 0.29) is 0 Å². The van der Waals surface area contributed by atoms with Crippen LogP contribution in [0, 0.1) is 0 Å². The summed E-state index contributed by atoms with van der Waals surface area (Å²) in [6.45, 7) is 0.748. The van der Waals surface area contributed by atoms with Gasteiger partial charge in [-0.1, -0.05) is 0 Å². The smallest absolute Gasteiger partial charge is 0.378 e. The minimum Gasteiger partial charge on any atom is -0.378 e. The van der Waals surface area contributed by atoms with Crippen molar-refractivity contribution in [2.75, 3.05) is 32.8 Å². The maximum absolute atomic E-state index is 11.8. The summed E-state index contributed by atoms with van der Waals surface area (Å²) in [4.78, 5) is 23.1. The first-order valence-electron chi connectivity index (χ1n) is 4.62. The quantitative estimate of drug-likeness (QED) is 0.709. The molecule has 0 unspecified atom stereocenters. The zero-order valence-electron chi connectivity index (χ0n) is 8.34. The molecule has 0 aromatic rings. The molecular formula is C8H11F3N2O3. The molecule has 16 heavy (non-hydrogen) atoms. The average Bonchev–Trinajstić information content (AvgIpc) is 2.25. The fourth-order valence-corrected chi connectivity index (χ4v) is 1.18. The van der Waals surface area contributed by atoms with Crippen molar-refractivity contribution in [3.8, 4) is 0 Å². The largest absolute Gasteiger partial charge is 0.471 e. The minimum absolute atomic E-state index is 0.334. The molecule has 1 rings (SSSR count). The van der Waals surface area contributed by atoms with Crippen LogP contribution >= 0.6 is 0 Å². The molecule has 0 radical (unpaired) electrons. The van der Waals surface area contributed by atoms with Crippen LogP contribution < -0.4 is 5.32 Å². The van der Waals surface area contributed by atoms with Crippen molar-refractivity contribution >= 4 is 11.8 Å².